The van der Waals surface area contributed by atoms with Crippen LogP contribution in [0.25, 0.3) is 0 Å². The lowest BCUT2D eigenvalue weighted by Gasteiger charge is -2.36. The van der Waals surface area contributed by atoms with Gasteiger partial charge >= 0.3 is 0 Å². The van der Waals surface area contributed by atoms with E-state index in [1.54, 1.807) is 11.8 Å². The Kier molecular flexibility index (Phi) is 5.48. The molecule has 30 heavy (non-hydrogen) atoms. The first-order valence-electron chi connectivity index (χ1n) is 10.2. The number of hydrogen-bond donors (Lipinski definition) is 0. The molecule has 1 atom stereocenters. The molecule has 1 aromatic heterocycles. The summed E-state index contributed by atoms with van der Waals surface area (Å²) in [6, 6.07) is 7.76. The van der Waals surface area contributed by atoms with Gasteiger partial charge in [-0.3, -0.25) is 9.48 Å². The van der Waals surface area contributed by atoms with Crippen LogP contribution in [-0.4, -0.2) is 73.8 Å². The first-order chi connectivity index (χ1) is 14.3. The van der Waals surface area contributed by atoms with Crippen molar-refractivity contribution in [1.29, 1.82) is 0 Å². The molecule has 0 radical (unpaired) electrons. The van der Waals surface area contributed by atoms with Crippen LogP contribution in [0.4, 0.5) is 5.69 Å². The normalized spacial score (nSPS) is 21.1. The maximum Gasteiger partial charge on any atom is 0.257 e. The third-order valence-corrected chi connectivity index (χ3v) is 7.83. The van der Waals surface area contributed by atoms with Crippen LogP contribution in [0.5, 0.6) is 5.75 Å². The fraction of sp³-hybridized carbons (Fsp3) is 0.524. The highest BCUT2D eigenvalue weighted by Crippen LogP contribution is 2.28. The molecule has 0 spiro atoms. The van der Waals surface area contributed by atoms with Crippen molar-refractivity contribution in [1.82, 2.24) is 14.7 Å². The number of anilines is 1. The molecule has 2 aromatic rings. The summed E-state index contributed by atoms with van der Waals surface area (Å²) in [6.45, 7) is 6.42. The molecule has 8 nitrogen and oxygen atoms in total. The minimum Gasteiger partial charge on any atom is -0.497 e. The number of carbonyl (C=O) groups is 1. The van der Waals surface area contributed by atoms with Crippen LogP contribution in [0.15, 0.2) is 24.3 Å². The van der Waals surface area contributed by atoms with E-state index in [2.05, 4.69) is 10.00 Å². The average molecular weight is 433 g/mol. The molecule has 2 aliphatic heterocycles. The Morgan fingerprint density at radius 2 is 1.90 bits per heavy atom. The van der Waals surface area contributed by atoms with Crippen LogP contribution >= 0.6 is 0 Å². The van der Waals surface area contributed by atoms with Gasteiger partial charge in [0, 0.05) is 43.6 Å². The number of methoxy groups -OCH3 is 1. The van der Waals surface area contributed by atoms with Crippen molar-refractivity contribution in [2.45, 2.75) is 26.3 Å². The summed E-state index contributed by atoms with van der Waals surface area (Å²) < 4.78 is 30.8. The van der Waals surface area contributed by atoms with Crippen molar-refractivity contribution < 1.29 is 17.9 Å². The van der Waals surface area contributed by atoms with E-state index in [0.29, 0.717) is 30.8 Å². The Labute approximate surface area is 177 Å². The summed E-state index contributed by atoms with van der Waals surface area (Å²) in [5.41, 5.74) is 3.12. The molecule has 0 N–H and O–H groups in total. The molecule has 9 heteroatoms. The van der Waals surface area contributed by atoms with Crippen molar-refractivity contribution in [2.24, 2.45) is 0 Å². The summed E-state index contributed by atoms with van der Waals surface area (Å²) in [7, 11) is -1.36. The van der Waals surface area contributed by atoms with Crippen molar-refractivity contribution in [2.75, 3.05) is 49.7 Å². The van der Waals surface area contributed by atoms with Gasteiger partial charge in [-0.15, -0.1) is 0 Å². The molecule has 2 aliphatic rings. The minimum atomic E-state index is -3.01. The minimum absolute atomic E-state index is 0.0256. The molecule has 0 saturated carbocycles. The van der Waals surface area contributed by atoms with Crippen LogP contribution in [0, 0.1) is 13.8 Å². The smallest absolute Gasteiger partial charge is 0.257 e. The quantitative estimate of drug-likeness (QED) is 0.733. The summed E-state index contributed by atoms with van der Waals surface area (Å²) in [6.07, 6.45) is 0.553. The molecule has 0 bridgehead atoms. The van der Waals surface area contributed by atoms with Crippen molar-refractivity contribution in [3.8, 4) is 5.75 Å². The number of aryl methyl sites for hydroxylation is 1. The second-order valence-electron chi connectivity index (χ2n) is 8.03. The SMILES string of the molecule is COc1cccc(N2CCN(C(=O)c3c(C)nn(C4CCS(=O)(=O)C4)c3C)CC2)c1. The Hall–Kier alpha value is -2.55. The lowest BCUT2D eigenvalue weighted by Crippen LogP contribution is -2.49. The third kappa shape index (κ3) is 3.90. The molecule has 2 fully saturated rings. The van der Waals surface area contributed by atoms with Gasteiger partial charge in [0.1, 0.15) is 5.75 Å². The molecule has 4 rings (SSSR count). The highest BCUT2D eigenvalue weighted by atomic mass is 32.2. The van der Waals surface area contributed by atoms with Gasteiger partial charge in [0.15, 0.2) is 9.84 Å². The van der Waals surface area contributed by atoms with E-state index in [-0.39, 0.29) is 23.5 Å². The lowest BCUT2D eigenvalue weighted by molar-refractivity contribution is 0.0745. The number of benzene rings is 1. The van der Waals surface area contributed by atoms with Gasteiger partial charge in [-0.2, -0.15) is 5.10 Å². The lowest BCUT2D eigenvalue weighted by atomic mass is 10.1. The summed E-state index contributed by atoms with van der Waals surface area (Å²) in [5.74, 6) is 1.08. The van der Waals surface area contributed by atoms with Gasteiger partial charge < -0.3 is 14.5 Å². The highest BCUT2D eigenvalue weighted by molar-refractivity contribution is 7.91. The van der Waals surface area contributed by atoms with Gasteiger partial charge in [-0.1, -0.05) is 6.07 Å². The first-order valence-corrected chi connectivity index (χ1v) is 12.1. The van der Waals surface area contributed by atoms with Gasteiger partial charge in [-0.05, 0) is 32.4 Å². The molecule has 2 saturated heterocycles. The zero-order chi connectivity index (χ0) is 21.5. The van der Waals surface area contributed by atoms with Gasteiger partial charge in [0.05, 0.1) is 35.9 Å². The van der Waals surface area contributed by atoms with E-state index in [1.807, 2.05) is 43.0 Å². The number of hydrogen-bond acceptors (Lipinski definition) is 6. The third-order valence-electron chi connectivity index (χ3n) is 6.08. The Morgan fingerprint density at radius 1 is 1.17 bits per heavy atom. The molecule has 1 aromatic carbocycles. The van der Waals surface area contributed by atoms with Crippen LogP contribution in [0.3, 0.4) is 0 Å². The number of rotatable bonds is 4. The van der Waals surface area contributed by atoms with Crippen LogP contribution in [0.2, 0.25) is 0 Å². The van der Waals surface area contributed by atoms with E-state index in [9.17, 15) is 13.2 Å². The number of nitrogens with zero attached hydrogens (tertiary/aromatic N) is 4. The second kappa shape index (κ2) is 7.94. The van der Waals surface area contributed by atoms with E-state index in [0.717, 1.165) is 30.2 Å². The molecule has 0 aliphatic carbocycles. The van der Waals surface area contributed by atoms with E-state index < -0.39 is 9.84 Å². The summed E-state index contributed by atoms with van der Waals surface area (Å²) >= 11 is 0. The number of aromatic nitrogens is 2. The van der Waals surface area contributed by atoms with E-state index in [1.165, 1.54) is 0 Å². The summed E-state index contributed by atoms with van der Waals surface area (Å²) in [5, 5.41) is 4.54. The predicted molar refractivity (Wildman–Crippen MR) is 115 cm³/mol. The monoisotopic (exact) mass is 432 g/mol. The van der Waals surface area contributed by atoms with Crippen molar-refractivity contribution in [3.63, 3.8) is 0 Å². The number of piperazine rings is 1. The topological polar surface area (TPSA) is 84.7 Å². The number of ether oxygens (including phenoxy) is 1. The molecule has 1 unspecified atom stereocenters. The predicted octanol–water partition coefficient (Wildman–Crippen LogP) is 1.83. The standard InChI is InChI=1S/C21H28N4O4S/c1-15-20(16(2)25(22-15)18-7-12-30(27,28)14-18)21(26)24-10-8-23(9-11-24)17-5-4-6-19(13-17)29-3/h4-6,13,18H,7-12,14H2,1-3H3. The average Bonchev–Trinajstić information content (AvgIpc) is 3.25. The van der Waals surface area contributed by atoms with Crippen molar-refractivity contribution in [3.05, 3.63) is 41.2 Å². The Morgan fingerprint density at radius 3 is 2.53 bits per heavy atom. The van der Waals surface area contributed by atoms with Crippen LogP contribution in [0.1, 0.15) is 34.2 Å². The van der Waals surface area contributed by atoms with Crippen molar-refractivity contribution >= 4 is 21.4 Å². The van der Waals surface area contributed by atoms with Gasteiger partial charge in [0.25, 0.3) is 5.91 Å². The largest absolute Gasteiger partial charge is 0.497 e. The Balaban J connectivity index is 1.47. The second-order valence-corrected chi connectivity index (χ2v) is 10.3. The maximum atomic E-state index is 13.3. The number of sulfone groups is 1. The molecular weight excluding hydrogens is 404 g/mol. The Bertz CT molecular complexity index is 1050. The maximum absolute atomic E-state index is 13.3. The molecule has 162 valence electrons. The van der Waals surface area contributed by atoms with Crippen LogP contribution in [-0.2, 0) is 9.84 Å². The number of carbonyl (C=O) groups excluding carboxylic acids is 1. The van der Waals surface area contributed by atoms with Crippen LogP contribution < -0.4 is 9.64 Å². The zero-order valence-corrected chi connectivity index (χ0v) is 18.5. The fourth-order valence-electron chi connectivity index (χ4n) is 4.43. The fourth-order valence-corrected chi connectivity index (χ4v) is 6.12. The zero-order valence-electron chi connectivity index (χ0n) is 17.7. The molecule has 3 heterocycles. The summed E-state index contributed by atoms with van der Waals surface area (Å²) in [4.78, 5) is 17.4. The molecular formula is C21H28N4O4S. The highest BCUT2D eigenvalue weighted by Gasteiger charge is 2.33. The van der Waals surface area contributed by atoms with Gasteiger partial charge in [0.2, 0.25) is 0 Å². The molecule has 1 amide bonds. The number of amides is 1. The van der Waals surface area contributed by atoms with Gasteiger partial charge in [-0.25, -0.2) is 8.42 Å². The van der Waals surface area contributed by atoms with E-state index >= 15 is 0 Å². The van der Waals surface area contributed by atoms with E-state index in [4.69, 9.17) is 4.74 Å². The first kappa shape index (κ1) is 20.7.